The van der Waals surface area contributed by atoms with Gasteiger partial charge >= 0.3 is 0 Å². The fraction of sp³-hybridized carbons (Fsp3) is 0.273. The van der Waals surface area contributed by atoms with Gasteiger partial charge in [0.15, 0.2) is 0 Å². The van der Waals surface area contributed by atoms with Crippen molar-refractivity contribution in [2.24, 2.45) is 12.8 Å². The van der Waals surface area contributed by atoms with Crippen molar-refractivity contribution in [3.63, 3.8) is 0 Å². The van der Waals surface area contributed by atoms with Crippen molar-refractivity contribution in [3.05, 3.63) is 71.2 Å². The fourth-order valence-corrected chi connectivity index (χ4v) is 3.64. The molecule has 2 N–H and O–H groups in total. The van der Waals surface area contributed by atoms with Gasteiger partial charge in [-0.05, 0) is 43.7 Å². The van der Waals surface area contributed by atoms with Gasteiger partial charge in [0.05, 0.1) is 24.2 Å². The largest absolute Gasteiger partial charge is 0.492 e. The van der Waals surface area contributed by atoms with Crippen LogP contribution in [0, 0.1) is 19.7 Å². The highest BCUT2D eigenvalue weighted by atomic mass is 19.1. The summed E-state index contributed by atoms with van der Waals surface area (Å²) in [5, 5.41) is 4.44. The van der Waals surface area contributed by atoms with Gasteiger partial charge in [-0.15, -0.1) is 0 Å². The summed E-state index contributed by atoms with van der Waals surface area (Å²) in [4.78, 5) is 4.35. The molecule has 3 heterocycles. The lowest BCUT2D eigenvalue weighted by Crippen LogP contribution is -2.05. The third kappa shape index (κ3) is 3.61. The Morgan fingerprint density at radius 2 is 2.00 bits per heavy atom. The predicted molar refractivity (Wildman–Crippen MR) is 110 cm³/mol. The van der Waals surface area contributed by atoms with Crippen LogP contribution in [0.25, 0.3) is 16.8 Å². The van der Waals surface area contributed by atoms with Crippen LogP contribution < -0.4 is 10.5 Å². The van der Waals surface area contributed by atoms with Crippen molar-refractivity contribution in [2.75, 3.05) is 6.61 Å². The van der Waals surface area contributed by atoms with Gasteiger partial charge in [0.2, 0.25) is 0 Å². The summed E-state index contributed by atoms with van der Waals surface area (Å²) in [7, 11) is 1.93. The lowest BCUT2D eigenvalue weighted by atomic mass is 10.1. The topological polar surface area (TPSA) is 70.4 Å². The average molecular weight is 393 g/mol. The highest BCUT2D eigenvalue weighted by Gasteiger charge is 2.13. The normalized spacial score (nSPS) is 11.3. The highest BCUT2D eigenvalue weighted by Crippen LogP contribution is 2.31. The van der Waals surface area contributed by atoms with E-state index in [1.807, 2.05) is 48.3 Å². The molecule has 0 aliphatic carbocycles. The number of ether oxygens (including phenoxy) is 1. The molecule has 4 aromatic rings. The molecule has 0 unspecified atom stereocenters. The number of imidazole rings is 1. The Kier molecular flexibility index (Phi) is 5.07. The number of nitrogens with two attached hydrogens (primary N) is 1. The molecule has 0 saturated heterocycles. The summed E-state index contributed by atoms with van der Waals surface area (Å²) in [5.41, 5.74) is 12.5. The van der Waals surface area contributed by atoms with E-state index in [0.29, 0.717) is 25.3 Å². The van der Waals surface area contributed by atoms with E-state index in [0.717, 1.165) is 39.4 Å². The Balaban J connectivity index is 1.62. The molecule has 0 spiro atoms. The van der Waals surface area contributed by atoms with Crippen LogP contribution in [0.3, 0.4) is 0 Å². The van der Waals surface area contributed by atoms with Crippen molar-refractivity contribution in [3.8, 4) is 16.9 Å². The van der Waals surface area contributed by atoms with E-state index in [1.165, 1.54) is 12.1 Å². The number of halogens is 1. The Morgan fingerprint density at radius 3 is 2.72 bits per heavy atom. The van der Waals surface area contributed by atoms with Gasteiger partial charge < -0.3 is 14.9 Å². The average Bonchev–Trinajstić information content (AvgIpc) is 3.22. The Hall–Kier alpha value is -3.19. The molecule has 0 bridgehead atoms. The summed E-state index contributed by atoms with van der Waals surface area (Å²) < 4.78 is 23.8. The Morgan fingerprint density at radius 1 is 1.17 bits per heavy atom. The number of hydrogen-bond acceptors (Lipinski definition) is 4. The highest BCUT2D eigenvalue weighted by molar-refractivity contribution is 5.71. The Bertz CT molecular complexity index is 1180. The number of benzene rings is 1. The van der Waals surface area contributed by atoms with Crippen LogP contribution in [0.5, 0.6) is 5.75 Å². The molecular weight excluding hydrogens is 369 g/mol. The van der Waals surface area contributed by atoms with Crippen LogP contribution >= 0.6 is 0 Å². The summed E-state index contributed by atoms with van der Waals surface area (Å²) in [6.45, 7) is 4.86. The van der Waals surface area contributed by atoms with Gasteiger partial charge in [-0.1, -0.05) is 0 Å². The van der Waals surface area contributed by atoms with Crippen molar-refractivity contribution >= 4 is 5.65 Å². The predicted octanol–water partition coefficient (Wildman–Crippen LogP) is 3.57. The molecule has 0 amide bonds. The van der Waals surface area contributed by atoms with E-state index in [1.54, 1.807) is 12.3 Å². The zero-order valence-electron chi connectivity index (χ0n) is 16.8. The van der Waals surface area contributed by atoms with Crippen molar-refractivity contribution in [1.82, 2.24) is 19.2 Å². The SMILES string of the molecule is Cc1nn(C)c(C)c1CCOc1cc(F)ccc1-c1ccc2ncc(CN)n2c1. The number of fused-ring (bicyclic) bond motifs is 1. The minimum absolute atomic E-state index is 0.330. The van der Waals surface area contributed by atoms with Crippen LogP contribution in [0.2, 0.25) is 0 Å². The first kappa shape index (κ1) is 19.1. The van der Waals surface area contributed by atoms with Crippen molar-refractivity contribution in [2.45, 2.75) is 26.8 Å². The quantitative estimate of drug-likeness (QED) is 0.544. The molecule has 29 heavy (non-hydrogen) atoms. The molecule has 0 aliphatic rings. The third-order valence-electron chi connectivity index (χ3n) is 5.31. The second-order valence-corrected chi connectivity index (χ2v) is 7.11. The van der Waals surface area contributed by atoms with E-state index in [-0.39, 0.29) is 5.82 Å². The second kappa shape index (κ2) is 7.67. The molecule has 7 heteroatoms. The molecule has 1 aromatic carbocycles. The number of hydrogen-bond donors (Lipinski definition) is 1. The summed E-state index contributed by atoms with van der Waals surface area (Å²) in [6, 6.07) is 8.49. The van der Waals surface area contributed by atoms with E-state index in [9.17, 15) is 4.39 Å². The molecular formula is C22H24FN5O. The smallest absolute Gasteiger partial charge is 0.136 e. The van der Waals surface area contributed by atoms with E-state index >= 15 is 0 Å². The number of pyridine rings is 1. The van der Waals surface area contributed by atoms with Crippen LogP contribution in [-0.4, -0.2) is 25.8 Å². The number of aryl methyl sites for hydroxylation is 2. The van der Waals surface area contributed by atoms with E-state index in [2.05, 4.69) is 10.1 Å². The first-order chi connectivity index (χ1) is 14.0. The van der Waals surface area contributed by atoms with E-state index < -0.39 is 0 Å². The van der Waals surface area contributed by atoms with Crippen LogP contribution in [0.4, 0.5) is 4.39 Å². The molecule has 6 nitrogen and oxygen atoms in total. The van der Waals surface area contributed by atoms with Crippen molar-refractivity contribution < 1.29 is 9.13 Å². The number of rotatable bonds is 6. The maximum Gasteiger partial charge on any atom is 0.136 e. The monoisotopic (exact) mass is 393 g/mol. The van der Waals surface area contributed by atoms with Gasteiger partial charge in [0.1, 0.15) is 17.2 Å². The third-order valence-corrected chi connectivity index (χ3v) is 5.31. The molecule has 150 valence electrons. The number of nitrogens with zero attached hydrogens (tertiary/aromatic N) is 4. The standard InChI is InChI=1S/C22H24FN5O/c1-14-19(15(2)27(3)26-14)8-9-29-21-10-17(23)5-6-20(21)16-4-7-22-25-12-18(11-24)28(22)13-16/h4-7,10,12-13H,8-9,11,24H2,1-3H3. The van der Waals surface area contributed by atoms with Crippen molar-refractivity contribution in [1.29, 1.82) is 0 Å². The zero-order valence-corrected chi connectivity index (χ0v) is 16.8. The van der Waals surface area contributed by atoms with Gasteiger partial charge in [-0.25, -0.2) is 9.37 Å². The first-order valence-electron chi connectivity index (χ1n) is 9.55. The minimum atomic E-state index is -0.330. The Labute approximate surface area is 168 Å². The van der Waals surface area contributed by atoms with Crippen LogP contribution in [-0.2, 0) is 20.0 Å². The maximum absolute atomic E-state index is 13.9. The van der Waals surface area contributed by atoms with Gasteiger partial charge in [-0.3, -0.25) is 4.68 Å². The first-order valence-corrected chi connectivity index (χ1v) is 9.55. The number of aromatic nitrogens is 4. The fourth-order valence-electron chi connectivity index (χ4n) is 3.64. The minimum Gasteiger partial charge on any atom is -0.492 e. The van der Waals surface area contributed by atoms with E-state index in [4.69, 9.17) is 10.5 Å². The van der Waals surface area contributed by atoms with Gasteiger partial charge in [0.25, 0.3) is 0 Å². The zero-order chi connectivity index (χ0) is 20.5. The second-order valence-electron chi connectivity index (χ2n) is 7.11. The van der Waals surface area contributed by atoms with Gasteiger partial charge in [0, 0.05) is 49.1 Å². The lowest BCUT2D eigenvalue weighted by Gasteiger charge is -2.13. The molecule has 0 fully saturated rings. The van der Waals surface area contributed by atoms with Gasteiger partial charge in [-0.2, -0.15) is 5.10 Å². The molecule has 0 saturated carbocycles. The van der Waals surface area contributed by atoms with Crippen LogP contribution in [0.15, 0.2) is 42.7 Å². The van der Waals surface area contributed by atoms with Crippen LogP contribution in [0.1, 0.15) is 22.6 Å². The molecule has 3 aromatic heterocycles. The molecule has 0 atom stereocenters. The summed E-state index contributed by atoms with van der Waals surface area (Å²) >= 11 is 0. The molecule has 4 rings (SSSR count). The lowest BCUT2D eigenvalue weighted by molar-refractivity contribution is 0.321. The summed E-state index contributed by atoms with van der Waals surface area (Å²) in [5.74, 6) is 0.182. The molecule has 0 aliphatic heterocycles. The maximum atomic E-state index is 13.9. The summed E-state index contributed by atoms with van der Waals surface area (Å²) in [6.07, 6.45) is 4.43. The molecule has 0 radical (unpaired) electrons.